The number of nitrogens with one attached hydrogen (secondary N) is 1. The van der Waals surface area contributed by atoms with E-state index in [2.05, 4.69) is 20.3 Å². The number of carbonyl (C=O) groups is 1. The first-order valence-corrected chi connectivity index (χ1v) is 9.19. The van der Waals surface area contributed by atoms with Crippen LogP contribution in [0.5, 0.6) is 0 Å². The summed E-state index contributed by atoms with van der Waals surface area (Å²) in [4.78, 5) is 24.1. The highest BCUT2D eigenvalue weighted by Crippen LogP contribution is 2.29. The molecule has 1 aliphatic rings. The number of benzene rings is 1. The molecule has 2 aromatic heterocycles. The molecule has 3 aromatic rings. The first-order chi connectivity index (χ1) is 14.5. The van der Waals surface area contributed by atoms with E-state index in [9.17, 15) is 18.7 Å². The van der Waals surface area contributed by atoms with Gasteiger partial charge in [0, 0.05) is 23.8 Å². The smallest absolute Gasteiger partial charge is 0.338 e. The van der Waals surface area contributed by atoms with Gasteiger partial charge < -0.3 is 19.9 Å². The van der Waals surface area contributed by atoms with Crippen molar-refractivity contribution in [2.75, 3.05) is 25.6 Å². The molecular weight excluding hydrogens is 398 g/mol. The van der Waals surface area contributed by atoms with Crippen molar-refractivity contribution in [3.63, 3.8) is 0 Å². The molecule has 8 nitrogen and oxygen atoms in total. The van der Waals surface area contributed by atoms with Crippen LogP contribution in [-0.4, -0.2) is 58.5 Å². The average molecular weight is 416 g/mol. The van der Waals surface area contributed by atoms with Crippen LogP contribution in [0.2, 0.25) is 0 Å². The van der Waals surface area contributed by atoms with Crippen molar-refractivity contribution < 1.29 is 28.2 Å². The summed E-state index contributed by atoms with van der Waals surface area (Å²) in [6, 6.07) is 3.55. The molecule has 0 unspecified atom stereocenters. The van der Waals surface area contributed by atoms with Gasteiger partial charge >= 0.3 is 5.97 Å². The van der Waals surface area contributed by atoms with Gasteiger partial charge in [0.25, 0.3) is 0 Å². The van der Waals surface area contributed by atoms with Gasteiger partial charge in [0.2, 0.25) is 5.95 Å². The van der Waals surface area contributed by atoms with Crippen molar-refractivity contribution in [1.29, 1.82) is 0 Å². The molecule has 0 saturated carbocycles. The number of hydrogen-bond donors (Lipinski definition) is 2. The fourth-order valence-corrected chi connectivity index (χ4v) is 3.33. The number of carbonyl (C=O) groups excluding carboxylic acids is 1. The summed E-state index contributed by atoms with van der Waals surface area (Å²) in [6.07, 6.45) is 2.02. The third-order valence-electron chi connectivity index (χ3n) is 4.86. The largest absolute Gasteiger partial charge is 0.465 e. The lowest BCUT2D eigenvalue weighted by atomic mass is 10.0. The van der Waals surface area contributed by atoms with E-state index in [0.29, 0.717) is 13.0 Å². The molecule has 4 rings (SSSR count). The Morgan fingerprint density at radius 3 is 2.90 bits per heavy atom. The van der Waals surface area contributed by atoms with Crippen LogP contribution in [0.25, 0.3) is 22.2 Å². The second-order valence-corrected chi connectivity index (χ2v) is 6.78. The van der Waals surface area contributed by atoms with Gasteiger partial charge in [-0.15, -0.1) is 0 Å². The number of aliphatic hydroxyl groups excluding tert-OH is 1. The minimum absolute atomic E-state index is 0.0419. The maximum Gasteiger partial charge on any atom is 0.338 e. The Morgan fingerprint density at radius 2 is 2.13 bits per heavy atom. The highest BCUT2D eigenvalue weighted by atomic mass is 19.1. The van der Waals surface area contributed by atoms with Gasteiger partial charge in [-0.1, -0.05) is 0 Å². The van der Waals surface area contributed by atoms with Gasteiger partial charge in [-0.2, -0.15) is 0 Å². The van der Waals surface area contributed by atoms with Crippen LogP contribution in [0.4, 0.5) is 14.7 Å². The van der Waals surface area contributed by atoms with E-state index in [1.54, 1.807) is 0 Å². The number of ether oxygens (including phenoxy) is 2. The number of halogens is 2. The van der Waals surface area contributed by atoms with Crippen LogP contribution in [0.1, 0.15) is 16.8 Å². The lowest BCUT2D eigenvalue weighted by Gasteiger charge is -2.28. The fourth-order valence-electron chi connectivity index (χ4n) is 3.33. The first-order valence-electron chi connectivity index (χ1n) is 9.19. The standard InChI is InChI=1S/C20H18F2N4O4/c1-29-19(28)11-2-4-23-18-12(11)6-10(7-13(18)21)17-14(22)8-24-20(26-17)25-15-3-5-30-9-16(15)27/h2,4,6-8,15-16,27H,3,5,9H2,1H3,(H,24,25,26)/t15-,16-/m1/s1. The average Bonchev–Trinajstić information content (AvgIpc) is 2.75. The predicted octanol–water partition coefficient (Wildman–Crippen LogP) is 2.32. The Labute approximate surface area is 169 Å². The van der Waals surface area contributed by atoms with E-state index in [1.165, 1.54) is 25.4 Å². The van der Waals surface area contributed by atoms with Gasteiger partial charge in [-0.25, -0.2) is 23.5 Å². The van der Waals surface area contributed by atoms with Crippen LogP contribution in [-0.2, 0) is 9.47 Å². The van der Waals surface area contributed by atoms with Crippen LogP contribution in [0, 0.1) is 11.6 Å². The van der Waals surface area contributed by atoms with Crippen molar-refractivity contribution in [2.24, 2.45) is 0 Å². The Hall–Kier alpha value is -3.24. The molecular formula is C20H18F2N4O4. The number of aliphatic hydroxyl groups is 1. The van der Waals surface area contributed by atoms with Gasteiger partial charge in [-0.3, -0.25) is 4.98 Å². The number of aromatic nitrogens is 3. The zero-order chi connectivity index (χ0) is 21.3. The third-order valence-corrected chi connectivity index (χ3v) is 4.86. The SMILES string of the molecule is COC(=O)c1ccnc2c(F)cc(-c3nc(N[C@@H]4CCOC[C@H]4O)ncc3F)cc12. The number of esters is 1. The molecule has 0 spiro atoms. The minimum atomic E-state index is -0.768. The summed E-state index contributed by atoms with van der Waals surface area (Å²) in [5, 5.41) is 13.1. The zero-order valence-corrected chi connectivity index (χ0v) is 15.9. The molecule has 0 aliphatic carbocycles. The highest BCUT2D eigenvalue weighted by Gasteiger charge is 2.25. The quantitative estimate of drug-likeness (QED) is 0.624. The molecule has 10 heteroatoms. The second kappa shape index (κ2) is 8.25. The van der Waals surface area contributed by atoms with Crippen LogP contribution < -0.4 is 5.32 Å². The molecule has 1 fully saturated rings. The number of nitrogens with zero attached hydrogens (tertiary/aromatic N) is 3. The zero-order valence-electron chi connectivity index (χ0n) is 15.9. The van der Waals surface area contributed by atoms with Crippen molar-refractivity contribution in [2.45, 2.75) is 18.6 Å². The molecule has 1 aliphatic heterocycles. The topological polar surface area (TPSA) is 106 Å². The van der Waals surface area contributed by atoms with Crippen molar-refractivity contribution in [3.05, 3.63) is 47.8 Å². The number of rotatable bonds is 4. The highest BCUT2D eigenvalue weighted by molar-refractivity contribution is 6.04. The van der Waals surface area contributed by atoms with E-state index in [1.807, 2.05) is 0 Å². The van der Waals surface area contributed by atoms with Crippen molar-refractivity contribution in [1.82, 2.24) is 15.0 Å². The van der Waals surface area contributed by atoms with Gasteiger partial charge in [0.1, 0.15) is 17.0 Å². The predicted molar refractivity (Wildman–Crippen MR) is 103 cm³/mol. The maximum absolute atomic E-state index is 14.7. The van der Waals surface area contributed by atoms with E-state index in [-0.39, 0.29) is 46.3 Å². The lowest BCUT2D eigenvalue weighted by molar-refractivity contribution is -0.0136. The van der Waals surface area contributed by atoms with Gasteiger partial charge in [0.15, 0.2) is 5.82 Å². The number of pyridine rings is 1. The number of hydrogen-bond acceptors (Lipinski definition) is 8. The van der Waals surface area contributed by atoms with Gasteiger partial charge in [0.05, 0.1) is 37.6 Å². The van der Waals surface area contributed by atoms with Gasteiger partial charge in [-0.05, 0) is 24.6 Å². The summed E-state index contributed by atoms with van der Waals surface area (Å²) in [6.45, 7) is 0.632. The molecule has 1 saturated heterocycles. The summed E-state index contributed by atoms with van der Waals surface area (Å²) in [7, 11) is 1.21. The van der Waals surface area contributed by atoms with Crippen LogP contribution in [0.15, 0.2) is 30.6 Å². The summed E-state index contributed by atoms with van der Waals surface area (Å²) >= 11 is 0. The number of anilines is 1. The maximum atomic E-state index is 14.7. The number of fused-ring (bicyclic) bond motifs is 1. The molecule has 2 atom stereocenters. The van der Waals surface area contributed by atoms with E-state index < -0.39 is 23.7 Å². The fraction of sp³-hybridized carbons (Fsp3) is 0.300. The molecule has 0 bridgehead atoms. The monoisotopic (exact) mass is 416 g/mol. The van der Waals surface area contributed by atoms with Crippen molar-refractivity contribution >= 4 is 22.8 Å². The first kappa shape index (κ1) is 20.0. The normalized spacial score (nSPS) is 18.9. The minimum Gasteiger partial charge on any atom is -0.465 e. The van der Waals surface area contributed by atoms with Crippen molar-refractivity contribution in [3.8, 4) is 11.3 Å². The molecule has 30 heavy (non-hydrogen) atoms. The van der Waals surface area contributed by atoms with E-state index >= 15 is 0 Å². The third kappa shape index (κ3) is 3.79. The van der Waals surface area contributed by atoms with Crippen LogP contribution >= 0.6 is 0 Å². The Kier molecular flexibility index (Phi) is 5.51. The van der Waals surface area contributed by atoms with E-state index in [4.69, 9.17) is 9.47 Å². The Morgan fingerprint density at radius 1 is 1.30 bits per heavy atom. The molecule has 0 amide bonds. The molecule has 2 N–H and O–H groups in total. The summed E-state index contributed by atoms with van der Waals surface area (Å²) in [5.41, 5.74) is 0.00401. The Bertz CT molecular complexity index is 1110. The summed E-state index contributed by atoms with van der Waals surface area (Å²) < 4.78 is 39.1. The second-order valence-electron chi connectivity index (χ2n) is 6.78. The van der Waals surface area contributed by atoms with Crippen LogP contribution in [0.3, 0.4) is 0 Å². The number of methoxy groups -OCH3 is 1. The summed E-state index contributed by atoms with van der Waals surface area (Å²) in [5.74, 6) is -2.09. The molecule has 156 valence electrons. The molecule has 0 radical (unpaired) electrons. The molecule has 1 aromatic carbocycles. The Balaban J connectivity index is 1.77. The lowest BCUT2D eigenvalue weighted by Crippen LogP contribution is -2.42. The molecule has 3 heterocycles. The van der Waals surface area contributed by atoms with E-state index in [0.717, 1.165) is 12.3 Å².